The summed E-state index contributed by atoms with van der Waals surface area (Å²) in [6, 6.07) is 29.6. The van der Waals surface area contributed by atoms with Crippen LogP contribution in [0.15, 0.2) is 106 Å². The smallest absolute Gasteiger partial charge is 0.227 e. The van der Waals surface area contributed by atoms with Gasteiger partial charge in [0.15, 0.2) is 5.76 Å². The Bertz CT molecular complexity index is 1170. The van der Waals surface area contributed by atoms with Crippen molar-refractivity contribution >= 4 is 5.69 Å². The first-order valence-electron chi connectivity index (χ1n) is 10.9. The maximum atomic E-state index is 12.6. The van der Waals surface area contributed by atoms with Crippen LogP contribution in [-0.2, 0) is 6.61 Å². The zero-order chi connectivity index (χ0) is 22.2. The molecule has 4 heteroatoms. The molecule has 0 aliphatic heterocycles. The third-order valence-electron chi connectivity index (χ3n) is 5.31. The molecule has 0 radical (unpaired) electrons. The highest BCUT2D eigenvalue weighted by Crippen LogP contribution is 2.30. The van der Waals surface area contributed by atoms with Gasteiger partial charge in [-0.2, -0.15) is 0 Å². The van der Waals surface area contributed by atoms with Crippen LogP contribution < -0.4 is 15.5 Å². The summed E-state index contributed by atoms with van der Waals surface area (Å²) in [4.78, 5) is 12.6. The molecule has 1 aromatic heterocycles. The third-order valence-corrected chi connectivity index (χ3v) is 5.31. The van der Waals surface area contributed by atoms with E-state index in [1.165, 1.54) is 17.9 Å². The van der Waals surface area contributed by atoms with E-state index in [0.29, 0.717) is 12.4 Å². The van der Waals surface area contributed by atoms with Crippen LogP contribution in [0.2, 0.25) is 0 Å². The van der Waals surface area contributed by atoms with Gasteiger partial charge in [0, 0.05) is 11.8 Å². The Morgan fingerprint density at radius 2 is 1.50 bits per heavy atom. The predicted octanol–water partition coefficient (Wildman–Crippen LogP) is 6.84. The summed E-state index contributed by atoms with van der Waals surface area (Å²) in [5.41, 5.74) is 4.11. The van der Waals surface area contributed by atoms with Gasteiger partial charge in [0.25, 0.3) is 0 Å². The van der Waals surface area contributed by atoms with Gasteiger partial charge in [-0.3, -0.25) is 4.79 Å². The molecule has 32 heavy (non-hydrogen) atoms. The molecule has 0 aliphatic carbocycles. The molecule has 1 heterocycles. The van der Waals surface area contributed by atoms with Crippen molar-refractivity contribution in [1.29, 1.82) is 0 Å². The lowest BCUT2D eigenvalue weighted by Gasteiger charge is -2.21. The standard InChI is InChI=1S/C28H27NO3/c1-2-9-25(29-24-16-14-23(15-17-24)22-12-7-4-8-13-22)27-28(26(30)18-19-31-27)32-20-21-10-5-3-6-11-21/h3-8,10-19,25,29H,2,9,20H2,1H3. The second-order valence-electron chi connectivity index (χ2n) is 7.68. The molecule has 0 aliphatic rings. The van der Waals surface area contributed by atoms with Crippen molar-refractivity contribution in [3.8, 4) is 16.9 Å². The summed E-state index contributed by atoms with van der Waals surface area (Å²) in [6.07, 6.45) is 3.17. The van der Waals surface area contributed by atoms with E-state index >= 15 is 0 Å². The van der Waals surface area contributed by atoms with Gasteiger partial charge in [-0.25, -0.2) is 0 Å². The summed E-state index contributed by atoms with van der Waals surface area (Å²) in [5, 5.41) is 3.53. The lowest BCUT2D eigenvalue weighted by atomic mass is 10.0. The zero-order valence-corrected chi connectivity index (χ0v) is 18.2. The van der Waals surface area contributed by atoms with E-state index < -0.39 is 0 Å². The Labute approximate surface area is 188 Å². The number of rotatable bonds is 9. The molecule has 4 rings (SSSR count). The van der Waals surface area contributed by atoms with E-state index in [1.807, 2.05) is 48.5 Å². The minimum atomic E-state index is -0.178. The van der Waals surface area contributed by atoms with Crippen LogP contribution in [0.5, 0.6) is 5.75 Å². The highest BCUT2D eigenvalue weighted by Gasteiger charge is 2.21. The van der Waals surface area contributed by atoms with Gasteiger partial charge < -0.3 is 14.5 Å². The molecular weight excluding hydrogens is 398 g/mol. The van der Waals surface area contributed by atoms with Gasteiger partial charge in [-0.15, -0.1) is 0 Å². The van der Waals surface area contributed by atoms with Crippen LogP contribution in [0.1, 0.15) is 37.1 Å². The monoisotopic (exact) mass is 425 g/mol. The van der Waals surface area contributed by atoms with E-state index in [4.69, 9.17) is 9.15 Å². The first-order chi connectivity index (χ1) is 15.7. The van der Waals surface area contributed by atoms with Crippen LogP contribution >= 0.6 is 0 Å². The second-order valence-corrected chi connectivity index (χ2v) is 7.68. The number of ether oxygens (including phenoxy) is 1. The maximum Gasteiger partial charge on any atom is 0.227 e. The fourth-order valence-electron chi connectivity index (χ4n) is 3.68. The molecule has 0 bridgehead atoms. The number of nitrogens with one attached hydrogen (secondary N) is 1. The molecule has 0 spiro atoms. The number of hydrogen-bond donors (Lipinski definition) is 1. The van der Waals surface area contributed by atoms with Crippen molar-refractivity contribution in [3.63, 3.8) is 0 Å². The van der Waals surface area contributed by atoms with Gasteiger partial charge in [0.1, 0.15) is 6.61 Å². The van der Waals surface area contributed by atoms with Crippen molar-refractivity contribution in [2.75, 3.05) is 5.32 Å². The number of benzene rings is 3. The summed E-state index contributed by atoms with van der Waals surface area (Å²) < 4.78 is 11.8. The SMILES string of the molecule is CCCC(Nc1ccc(-c2ccccc2)cc1)c1occc(=O)c1OCc1ccccc1. The topological polar surface area (TPSA) is 51.5 Å². The first-order valence-corrected chi connectivity index (χ1v) is 10.9. The molecule has 0 amide bonds. The van der Waals surface area contributed by atoms with E-state index in [0.717, 1.165) is 29.7 Å². The largest absolute Gasteiger partial charge is 0.482 e. The normalized spacial score (nSPS) is 11.7. The molecule has 162 valence electrons. The molecule has 1 unspecified atom stereocenters. The van der Waals surface area contributed by atoms with Gasteiger partial charge in [0.05, 0.1) is 12.3 Å². The second kappa shape index (κ2) is 10.5. The minimum Gasteiger partial charge on any atom is -0.482 e. The Morgan fingerprint density at radius 3 is 2.19 bits per heavy atom. The van der Waals surface area contributed by atoms with Crippen molar-refractivity contribution in [2.24, 2.45) is 0 Å². The maximum absolute atomic E-state index is 12.6. The molecule has 3 aromatic carbocycles. The zero-order valence-electron chi connectivity index (χ0n) is 18.2. The fourth-order valence-corrected chi connectivity index (χ4v) is 3.68. The quantitative estimate of drug-likeness (QED) is 0.319. The first kappa shape index (κ1) is 21.4. The van der Waals surface area contributed by atoms with Crippen molar-refractivity contribution in [3.05, 3.63) is 119 Å². The molecule has 0 saturated heterocycles. The van der Waals surface area contributed by atoms with Gasteiger partial charge in [-0.1, -0.05) is 86.1 Å². The summed E-state index contributed by atoms with van der Waals surface area (Å²) in [5.74, 6) is 0.797. The Hall–Kier alpha value is -3.79. The Morgan fingerprint density at radius 1 is 0.844 bits per heavy atom. The average molecular weight is 426 g/mol. The number of anilines is 1. The van der Waals surface area contributed by atoms with Gasteiger partial charge in [-0.05, 0) is 35.2 Å². The summed E-state index contributed by atoms with van der Waals surface area (Å²) >= 11 is 0. The molecule has 0 saturated carbocycles. The molecule has 1 atom stereocenters. The highest BCUT2D eigenvalue weighted by molar-refractivity contribution is 5.66. The molecule has 0 fully saturated rings. The van der Waals surface area contributed by atoms with Crippen LogP contribution in [0.3, 0.4) is 0 Å². The van der Waals surface area contributed by atoms with E-state index in [2.05, 4.69) is 48.6 Å². The summed E-state index contributed by atoms with van der Waals surface area (Å²) in [6.45, 7) is 2.42. The highest BCUT2D eigenvalue weighted by atomic mass is 16.5. The molecular formula is C28H27NO3. The molecule has 4 aromatic rings. The Kier molecular flexibility index (Phi) is 7.03. The third kappa shape index (κ3) is 5.27. The van der Waals surface area contributed by atoms with Gasteiger partial charge >= 0.3 is 0 Å². The predicted molar refractivity (Wildman–Crippen MR) is 129 cm³/mol. The van der Waals surface area contributed by atoms with Gasteiger partial charge in [0.2, 0.25) is 11.2 Å². The van der Waals surface area contributed by atoms with Crippen LogP contribution in [0, 0.1) is 0 Å². The average Bonchev–Trinajstić information content (AvgIpc) is 2.84. The minimum absolute atomic E-state index is 0.176. The van der Waals surface area contributed by atoms with Crippen LogP contribution in [0.4, 0.5) is 5.69 Å². The van der Waals surface area contributed by atoms with Crippen molar-refractivity contribution in [2.45, 2.75) is 32.4 Å². The Balaban J connectivity index is 1.56. The van der Waals surface area contributed by atoms with Crippen LogP contribution in [0.25, 0.3) is 11.1 Å². The van der Waals surface area contributed by atoms with E-state index in [-0.39, 0.29) is 17.2 Å². The lowest BCUT2D eigenvalue weighted by Crippen LogP contribution is -2.17. The number of hydrogen-bond acceptors (Lipinski definition) is 4. The van der Waals surface area contributed by atoms with Crippen molar-refractivity contribution < 1.29 is 9.15 Å². The van der Waals surface area contributed by atoms with Crippen molar-refractivity contribution in [1.82, 2.24) is 0 Å². The molecule has 1 N–H and O–H groups in total. The van der Waals surface area contributed by atoms with Crippen LogP contribution in [-0.4, -0.2) is 0 Å². The van der Waals surface area contributed by atoms with E-state index in [1.54, 1.807) is 0 Å². The van der Waals surface area contributed by atoms with E-state index in [9.17, 15) is 4.79 Å². The summed E-state index contributed by atoms with van der Waals surface area (Å²) in [7, 11) is 0. The lowest BCUT2D eigenvalue weighted by molar-refractivity contribution is 0.277. The fraction of sp³-hybridized carbons (Fsp3) is 0.179. The molecule has 4 nitrogen and oxygen atoms in total.